The second kappa shape index (κ2) is 5.34. The van der Waals surface area contributed by atoms with Crippen molar-refractivity contribution >= 4 is 0 Å². The smallest absolute Gasteiger partial charge is 0.0940 e. The molecule has 2 aliphatic heterocycles. The van der Waals surface area contributed by atoms with Crippen molar-refractivity contribution in [3.63, 3.8) is 0 Å². The molecule has 4 unspecified atom stereocenters. The Hall–Kier alpha value is -0.120. The molecule has 0 radical (unpaired) electrons. The normalized spacial score (nSPS) is 47.7. The van der Waals surface area contributed by atoms with Gasteiger partial charge in [0.25, 0.3) is 0 Å². The van der Waals surface area contributed by atoms with Gasteiger partial charge < -0.3 is 14.6 Å². The van der Waals surface area contributed by atoms with Gasteiger partial charge in [-0.25, -0.2) is 0 Å². The van der Waals surface area contributed by atoms with E-state index in [1.54, 1.807) is 0 Å². The molecule has 4 atom stereocenters. The molecule has 3 fully saturated rings. The summed E-state index contributed by atoms with van der Waals surface area (Å²) in [7, 11) is 0. The highest BCUT2D eigenvalue weighted by molar-refractivity contribution is 4.99. The molecule has 0 bridgehead atoms. The van der Waals surface area contributed by atoms with Crippen LogP contribution in [0.2, 0.25) is 0 Å². The molecule has 1 N–H and O–H groups in total. The van der Waals surface area contributed by atoms with Crippen LogP contribution in [0.25, 0.3) is 0 Å². The molecule has 1 saturated carbocycles. The summed E-state index contributed by atoms with van der Waals surface area (Å²) < 4.78 is 11.6. The number of rotatable bonds is 2. The first kappa shape index (κ1) is 13.8. The van der Waals surface area contributed by atoms with E-state index in [2.05, 4.69) is 6.92 Å². The monoisotopic (exact) mass is 268 g/mol. The maximum Gasteiger partial charge on any atom is 0.0940 e. The van der Waals surface area contributed by atoms with Gasteiger partial charge in [-0.15, -0.1) is 0 Å². The van der Waals surface area contributed by atoms with E-state index < -0.39 is 5.60 Å². The highest BCUT2D eigenvalue weighted by Gasteiger charge is 2.48. The van der Waals surface area contributed by atoms with Crippen molar-refractivity contribution in [2.75, 3.05) is 19.8 Å². The van der Waals surface area contributed by atoms with Crippen LogP contribution in [-0.2, 0) is 9.47 Å². The van der Waals surface area contributed by atoms with Crippen LogP contribution in [0.5, 0.6) is 0 Å². The Bertz CT molecular complexity index is 311. The zero-order valence-electron chi connectivity index (χ0n) is 12.2. The first-order valence-electron chi connectivity index (χ1n) is 8.10. The lowest BCUT2D eigenvalue weighted by Crippen LogP contribution is -2.50. The van der Waals surface area contributed by atoms with E-state index in [0.29, 0.717) is 5.92 Å². The van der Waals surface area contributed by atoms with Crippen LogP contribution >= 0.6 is 0 Å². The summed E-state index contributed by atoms with van der Waals surface area (Å²) >= 11 is 0. The Morgan fingerprint density at radius 1 is 1.16 bits per heavy atom. The van der Waals surface area contributed by atoms with Gasteiger partial charge in [0.05, 0.1) is 17.8 Å². The van der Waals surface area contributed by atoms with E-state index in [0.717, 1.165) is 57.8 Å². The van der Waals surface area contributed by atoms with E-state index in [4.69, 9.17) is 9.47 Å². The molecule has 0 amide bonds. The van der Waals surface area contributed by atoms with Gasteiger partial charge in [0.1, 0.15) is 0 Å². The minimum Gasteiger partial charge on any atom is -0.390 e. The topological polar surface area (TPSA) is 38.7 Å². The zero-order valence-corrected chi connectivity index (χ0v) is 12.2. The first-order chi connectivity index (χ1) is 9.16. The fourth-order valence-corrected chi connectivity index (χ4v) is 4.47. The predicted molar refractivity (Wildman–Crippen MR) is 74.0 cm³/mol. The summed E-state index contributed by atoms with van der Waals surface area (Å²) in [4.78, 5) is 0. The highest BCUT2D eigenvalue weighted by Crippen LogP contribution is 2.46. The number of hydrogen-bond acceptors (Lipinski definition) is 3. The Kier molecular flexibility index (Phi) is 3.89. The molecule has 110 valence electrons. The van der Waals surface area contributed by atoms with Crippen LogP contribution in [0, 0.1) is 11.8 Å². The molecule has 2 saturated heterocycles. The van der Waals surface area contributed by atoms with Crippen molar-refractivity contribution < 1.29 is 14.6 Å². The zero-order chi connectivity index (χ0) is 13.3. The summed E-state index contributed by atoms with van der Waals surface area (Å²) in [6.07, 6.45) is 8.73. The predicted octanol–water partition coefficient (Wildman–Crippen LogP) is 2.90. The van der Waals surface area contributed by atoms with Crippen LogP contribution in [0.3, 0.4) is 0 Å². The fraction of sp³-hybridized carbons (Fsp3) is 1.00. The van der Waals surface area contributed by atoms with Crippen LogP contribution in [-0.4, -0.2) is 36.1 Å². The summed E-state index contributed by atoms with van der Waals surface area (Å²) in [5, 5.41) is 11.1. The van der Waals surface area contributed by atoms with E-state index in [9.17, 15) is 5.11 Å². The second-order valence-electron chi connectivity index (χ2n) is 7.00. The van der Waals surface area contributed by atoms with E-state index in [1.807, 2.05) is 0 Å². The third-order valence-electron chi connectivity index (χ3n) is 5.76. The summed E-state index contributed by atoms with van der Waals surface area (Å²) in [6.45, 7) is 4.61. The standard InChI is InChI=1S/C16H28O3/c1-2-13-4-3-6-16(17,10-13)14-5-8-19-15(11-14)7-9-18-12-15/h13-14,17H,2-12H2,1H3. The molecule has 1 spiro atoms. The third-order valence-corrected chi connectivity index (χ3v) is 5.76. The van der Waals surface area contributed by atoms with E-state index >= 15 is 0 Å². The third kappa shape index (κ3) is 2.70. The van der Waals surface area contributed by atoms with Crippen molar-refractivity contribution in [3.05, 3.63) is 0 Å². The SMILES string of the molecule is CCC1CCCC(O)(C2CCOC3(CCOC3)C2)C1. The van der Waals surface area contributed by atoms with Gasteiger partial charge in [-0.05, 0) is 37.5 Å². The quantitative estimate of drug-likeness (QED) is 0.837. The Balaban J connectivity index is 1.69. The molecular formula is C16H28O3. The maximum atomic E-state index is 11.1. The largest absolute Gasteiger partial charge is 0.390 e. The average molecular weight is 268 g/mol. The minimum absolute atomic E-state index is 0.0716. The summed E-state index contributed by atoms with van der Waals surface area (Å²) in [5.41, 5.74) is -0.504. The molecule has 3 rings (SSSR count). The van der Waals surface area contributed by atoms with Crippen LogP contribution < -0.4 is 0 Å². The maximum absolute atomic E-state index is 11.1. The minimum atomic E-state index is -0.432. The fourth-order valence-electron chi connectivity index (χ4n) is 4.47. The summed E-state index contributed by atoms with van der Waals surface area (Å²) in [6, 6.07) is 0. The Labute approximate surface area is 116 Å². The lowest BCUT2D eigenvalue weighted by atomic mass is 9.66. The van der Waals surface area contributed by atoms with Gasteiger partial charge in [-0.3, -0.25) is 0 Å². The van der Waals surface area contributed by atoms with Gasteiger partial charge in [0, 0.05) is 19.6 Å². The lowest BCUT2D eigenvalue weighted by molar-refractivity contribution is -0.156. The molecule has 1 aliphatic carbocycles. The molecule has 3 heteroatoms. The second-order valence-corrected chi connectivity index (χ2v) is 7.00. The van der Waals surface area contributed by atoms with Crippen LogP contribution in [0.1, 0.15) is 58.3 Å². The number of hydrogen-bond donors (Lipinski definition) is 1. The van der Waals surface area contributed by atoms with Gasteiger partial charge >= 0.3 is 0 Å². The lowest BCUT2D eigenvalue weighted by Gasteiger charge is -2.47. The molecule has 3 aliphatic rings. The van der Waals surface area contributed by atoms with E-state index in [-0.39, 0.29) is 5.60 Å². The first-order valence-corrected chi connectivity index (χ1v) is 8.10. The number of ether oxygens (including phenoxy) is 2. The Morgan fingerprint density at radius 3 is 2.79 bits per heavy atom. The summed E-state index contributed by atoms with van der Waals surface area (Å²) in [5.74, 6) is 1.13. The molecular weight excluding hydrogens is 240 g/mol. The van der Waals surface area contributed by atoms with Crippen LogP contribution in [0.15, 0.2) is 0 Å². The Morgan fingerprint density at radius 2 is 2.05 bits per heavy atom. The van der Waals surface area contributed by atoms with Crippen molar-refractivity contribution in [1.82, 2.24) is 0 Å². The number of aliphatic hydroxyl groups is 1. The molecule has 0 aromatic heterocycles. The van der Waals surface area contributed by atoms with Gasteiger partial charge in [-0.2, -0.15) is 0 Å². The highest BCUT2D eigenvalue weighted by atomic mass is 16.6. The van der Waals surface area contributed by atoms with Crippen molar-refractivity contribution in [2.45, 2.75) is 69.5 Å². The molecule has 0 aromatic carbocycles. The van der Waals surface area contributed by atoms with Crippen molar-refractivity contribution in [2.24, 2.45) is 11.8 Å². The van der Waals surface area contributed by atoms with Crippen molar-refractivity contribution in [3.8, 4) is 0 Å². The van der Waals surface area contributed by atoms with Crippen molar-refractivity contribution in [1.29, 1.82) is 0 Å². The van der Waals surface area contributed by atoms with Gasteiger partial charge in [0.2, 0.25) is 0 Å². The molecule has 19 heavy (non-hydrogen) atoms. The molecule has 3 nitrogen and oxygen atoms in total. The van der Waals surface area contributed by atoms with Crippen LogP contribution in [0.4, 0.5) is 0 Å². The average Bonchev–Trinajstić information content (AvgIpc) is 2.87. The van der Waals surface area contributed by atoms with Gasteiger partial charge in [-0.1, -0.05) is 26.2 Å². The molecule has 0 aromatic rings. The molecule has 2 heterocycles. The van der Waals surface area contributed by atoms with E-state index in [1.165, 1.54) is 19.3 Å². The van der Waals surface area contributed by atoms with Gasteiger partial charge in [0.15, 0.2) is 0 Å².